The molecule has 1 fully saturated rings. The average Bonchev–Trinajstić information content (AvgIpc) is 2.64. The lowest BCUT2D eigenvalue weighted by atomic mass is 9.95. The Kier molecular flexibility index (Phi) is 4.14. The van der Waals surface area contributed by atoms with Crippen molar-refractivity contribution >= 4 is 5.91 Å². The molecule has 2 N–H and O–H groups in total. The first-order valence-electron chi connectivity index (χ1n) is 5.97. The zero-order chi connectivity index (χ0) is 11.6. The fourth-order valence-corrected chi connectivity index (χ4v) is 2.03. The fraction of sp³-hybridized carbons (Fsp3) is 0.917. The highest BCUT2D eigenvalue weighted by molar-refractivity contribution is 5.82. The number of carbonyl (C=O) groups excluding carboxylic acids is 1. The van der Waals surface area contributed by atoms with Gasteiger partial charge in [0.25, 0.3) is 0 Å². The molecule has 0 aliphatic carbocycles. The summed E-state index contributed by atoms with van der Waals surface area (Å²) < 4.78 is 0. The number of hydrogen-bond acceptors (Lipinski definition) is 2. The van der Waals surface area contributed by atoms with Gasteiger partial charge in [0.2, 0.25) is 5.91 Å². The maximum atomic E-state index is 12.0. The minimum atomic E-state index is -0.323. The molecule has 0 bridgehead atoms. The molecule has 0 spiro atoms. The molecule has 0 aromatic heterocycles. The third-order valence-electron chi connectivity index (χ3n) is 3.48. The average molecular weight is 212 g/mol. The monoisotopic (exact) mass is 212 g/mol. The van der Waals surface area contributed by atoms with Crippen LogP contribution in [0.5, 0.6) is 0 Å². The summed E-state index contributed by atoms with van der Waals surface area (Å²) in [5.41, 5.74) is 5.87. The van der Waals surface area contributed by atoms with Crippen molar-refractivity contribution in [2.75, 3.05) is 13.1 Å². The summed E-state index contributed by atoms with van der Waals surface area (Å²) in [4.78, 5) is 13.9. The zero-order valence-electron chi connectivity index (χ0n) is 10.4. The first-order chi connectivity index (χ1) is 6.93. The van der Waals surface area contributed by atoms with Gasteiger partial charge in [0.1, 0.15) is 0 Å². The number of nitrogens with two attached hydrogens (primary N) is 1. The third-order valence-corrected chi connectivity index (χ3v) is 3.48. The van der Waals surface area contributed by atoms with Crippen LogP contribution in [0, 0.1) is 17.8 Å². The van der Waals surface area contributed by atoms with Crippen LogP contribution in [-0.4, -0.2) is 29.9 Å². The summed E-state index contributed by atoms with van der Waals surface area (Å²) in [6.45, 7) is 10.2. The second-order valence-corrected chi connectivity index (χ2v) is 5.35. The van der Waals surface area contributed by atoms with Gasteiger partial charge in [0.05, 0.1) is 6.04 Å². The van der Waals surface area contributed by atoms with Crippen molar-refractivity contribution < 1.29 is 4.79 Å². The van der Waals surface area contributed by atoms with E-state index in [2.05, 4.69) is 13.8 Å². The quantitative estimate of drug-likeness (QED) is 0.770. The van der Waals surface area contributed by atoms with Crippen LogP contribution in [0.25, 0.3) is 0 Å². The molecular weight excluding hydrogens is 188 g/mol. The molecule has 1 rings (SSSR count). The Morgan fingerprint density at radius 1 is 1.33 bits per heavy atom. The summed E-state index contributed by atoms with van der Waals surface area (Å²) in [5.74, 6) is 1.69. The van der Waals surface area contributed by atoms with Crippen molar-refractivity contribution in [2.45, 2.75) is 40.2 Å². The van der Waals surface area contributed by atoms with Crippen LogP contribution in [0.2, 0.25) is 0 Å². The summed E-state index contributed by atoms with van der Waals surface area (Å²) >= 11 is 0. The zero-order valence-corrected chi connectivity index (χ0v) is 10.4. The maximum Gasteiger partial charge on any atom is 0.239 e. The lowest BCUT2D eigenvalue weighted by Crippen LogP contribution is -2.45. The topological polar surface area (TPSA) is 46.3 Å². The van der Waals surface area contributed by atoms with Crippen LogP contribution in [0.4, 0.5) is 0 Å². The van der Waals surface area contributed by atoms with Crippen LogP contribution < -0.4 is 5.73 Å². The maximum absolute atomic E-state index is 12.0. The SMILES string of the molecule is CC(C)C1CCN(C(=O)[C@H](N)C(C)C)C1. The van der Waals surface area contributed by atoms with E-state index in [0.717, 1.165) is 19.5 Å². The highest BCUT2D eigenvalue weighted by Gasteiger charge is 2.31. The molecule has 0 aromatic rings. The molecule has 2 atom stereocenters. The Labute approximate surface area is 93.0 Å². The van der Waals surface area contributed by atoms with E-state index in [1.807, 2.05) is 18.7 Å². The van der Waals surface area contributed by atoms with E-state index in [9.17, 15) is 4.79 Å². The van der Waals surface area contributed by atoms with Crippen molar-refractivity contribution in [3.8, 4) is 0 Å². The van der Waals surface area contributed by atoms with Crippen LogP contribution in [0.3, 0.4) is 0 Å². The molecule has 1 aliphatic heterocycles. The van der Waals surface area contributed by atoms with Crippen molar-refractivity contribution in [3.05, 3.63) is 0 Å². The molecular formula is C12H24N2O. The number of amides is 1. The van der Waals surface area contributed by atoms with Crippen molar-refractivity contribution in [1.82, 2.24) is 4.90 Å². The Balaban J connectivity index is 2.50. The Hall–Kier alpha value is -0.570. The number of carbonyl (C=O) groups is 1. The predicted octanol–water partition coefficient (Wildman–Crippen LogP) is 1.47. The third kappa shape index (κ3) is 2.94. The largest absolute Gasteiger partial charge is 0.341 e. The molecule has 0 aromatic carbocycles. The highest BCUT2D eigenvalue weighted by atomic mass is 16.2. The lowest BCUT2D eigenvalue weighted by molar-refractivity contribution is -0.132. The van der Waals surface area contributed by atoms with Gasteiger partial charge in [-0.05, 0) is 24.2 Å². The molecule has 3 nitrogen and oxygen atoms in total. The molecule has 1 heterocycles. The van der Waals surface area contributed by atoms with Crippen molar-refractivity contribution in [1.29, 1.82) is 0 Å². The van der Waals surface area contributed by atoms with Crippen LogP contribution >= 0.6 is 0 Å². The second-order valence-electron chi connectivity index (χ2n) is 5.35. The number of likely N-dealkylation sites (tertiary alicyclic amines) is 1. The standard InChI is InChI=1S/C12H24N2O/c1-8(2)10-5-6-14(7-10)12(15)11(13)9(3)4/h8-11H,5-7,13H2,1-4H3/t10?,11-/m1/s1. The predicted molar refractivity (Wildman–Crippen MR) is 62.3 cm³/mol. The van der Waals surface area contributed by atoms with E-state index in [0.29, 0.717) is 11.8 Å². The summed E-state index contributed by atoms with van der Waals surface area (Å²) in [7, 11) is 0. The number of nitrogens with zero attached hydrogens (tertiary/aromatic N) is 1. The van der Waals surface area contributed by atoms with E-state index in [4.69, 9.17) is 5.73 Å². The molecule has 3 heteroatoms. The highest BCUT2D eigenvalue weighted by Crippen LogP contribution is 2.24. The van der Waals surface area contributed by atoms with Gasteiger partial charge in [0.15, 0.2) is 0 Å². The molecule has 1 amide bonds. The smallest absolute Gasteiger partial charge is 0.239 e. The van der Waals surface area contributed by atoms with Gasteiger partial charge in [-0.3, -0.25) is 4.79 Å². The molecule has 88 valence electrons. The first-order valence-corrected chi connectivity index (χ1v) is 5.97. The minimum Gasteiger partial charge on any atom is -0.341 e. The molecule has 0 radical (unpaired) electrons. The van der Waals surface area contributed by atoms with Crippen LogP contribution in [0.1, 0.15) is 34.1 Å². The van der Waals surface area contributed by atoms with Gasteiger partial charge in [-0.1, -0.05) is 27.7 Å². The van der Waals surface area contributed by atoms with Gasteiger partial charge in [-0.25, -0.2) is 0 Å². The Morgan fingerprint density at radius 2 is 1.93 bits per heavy atom. The van der Waals surface area contributed by atoms with Gasteiger partial charge in [-0.15, -0.1) is 0 Å². The molecule has 15 heavy (non-hydrogen) atoms. The van der Waals surface area contributed by atoms with Crippen molar-refractivity contribution in [3.63, 3.8) is 0 Å². The van der Waals surface area contributed by atoms with E-state index in [1.165, 1.54) is 0 Å². The van der Waals surface area contributed by atoms with Gasteiger partial charge >= 0.3 is 0 Å². The van der Waals surface area contributed by atoms with Gasteiger partial charge in [0, 0.05) is 13.1 Å². The van der Waals surface area contributed by atoms with E-state index < -0.39 is 0 Å². The first kappa shape index (κ1) is 12.5. The Morgan fingerprint density at radius 3 is 2.33 bits per heavy atom. The van der Waals surface area contributed by atoms with E-state index in [-0.39, 0.29) is 17.9 Å². The molecule has 1 aliphatic rings. The van der Waals surface area contributed by atoms with E-state index >= 15 is 0 Å². The summed E-state index contributed by atoms with van der Waals surface area (Å²) in [6.07, 6.45) is 1.13. The molecule has 1 unspecified atom stereocenters. The van der Waals surface area contributed by atoms with Crippen molar-refractivity contribution in [2.24, 2.45) is 23.5 Å². The fourth-order valence-electron chi connectivity index (χ4n) is 2.03. The Bertz CT molecular complexity index is 226. The second kappa shape index (κ2) is 4.97. The molecule has 0 saturated carbocycles. The molecule has 1 saturated heterocycles. The summed E-state index contributed by atoms with van der Waals surface area (Å²) in [6, 6.07) is -0.323. The number of hydrogen-bond donors (Lipinski definition) is 1. The van der Waals surface area contributed by atoms with Gasteiger partial charge < -0.3 is 10.6 Å². The lowest BCUT2D eigenvalue weighted by Gasteiger charge is -2.23. The minimum absolute atomic E-state index is 0.133. The summed E-state index contributed by atoms with van der Waals surface area (Å²) in [5, 5.41) is 0. The normalized spacial score (nSPS) is 23.9. The van der Waals surface area contributed by atoms with Crippen LogP contribution in [0.15, 0.2) is 0 Å². The van der Waals surface area contributed by atoms with Gasteiger partial charge in [-0.2, -0.15) is 0 Å². The van der Waals surface area contributed by atoms with Crippen LogP contribution in [-0.2, 0) is 4.79 Å². The number of rotatable bonds is 3. The van der Waals surface area contributed by atoms with E-state index in [1.54, 1.807) is 0 Å².